The summed E-state index contributed by atoms with van der Waals surface area (Å²) in [6.45, 7) is 0. The number of hydrogen-bond acceptors (Lipinski definition) is 3. The molecule has 0 amide bonds. The third-order valence-electron chi connectivity index (χ3n) is 8.45. The highest BCUT2D eigenvalue weighted by Crippen LogP contribution is 2.41. The van der Waals surface area contributed by atoms with E-state index in [4.69, 9.17) is 9.97 Å². The Morgan fingerprint density at radius 2 is 1.14 bits per heavy atom. The molecule has 5 heterocycles. The van der Waals surface area contributed by atoms with E-state index in [0.717, 1.165) is 77.6 Å². The first-order chi connectivity index (χ1) is 21.8. The molecule has 0 fully saturated rings. The van der Waals surface area contributed by atoms with Crippen molar-refractivity contribution >= 4 is 43.7 Å². The van der Waals surface area contributed by atoms with Crippen LogP contribution in [-0.4, -0.2) is 24.1 Å². The van der Waals surface area contributed by atoms with Gasteiger partial charge in [0.2, 0.25) is 0 Å². The first kappa shape index (κ1) is 24.5. The van der Waals surface area contributed by atoms with Gasteiger partial charge in [0, 0.05) is 40.3 Å². The molecule has 0 saturated heterocycles. The Bertz CT molecular complexity index is 2420. The van der Waals surface area contributed by atoms with Crippen molar-refractivity contribution in [3.05, 3.63) is 152 Å². The summed E-state index contributed by atoms with van der Waals surface area (Å²) in [6, 6.07) is 46.5. The topological polar surface area (TPSA) is 48.5 Å². The van der Waals surface area contributed by atoms with Gasteiger partial charge in [0.05, 0.1) is 33.3 Å². The summed E-state index contributed by atoms with van der Waals surface area (Å²) in [5.41, 5.74) is 9.48. The lowest BCUT2D eigenvalue weighted by atomic mass is 10.0. The molecule has 5 nitrogen and oxygen atoms in total. The summed E-state index contributed by atoms with van der Waals surface area (Å²) in [4.78, 5) is 14.7. The molecule has 206 valence electrons. The van der Waals surface area contributed by atoms with E-state index in [0.29, 0.717) is 0 Å². The van der Waals surface area contributed by atoms with Crippen LogP contribution in [0.4, 0.5) is 0 Å². The molecule has 0 radical (unpaired) electrons. The van der Waals surface area contributed by atoms with Crippen molar-refractivity contribution in [2.24, 2.45) is 0 Å². The Labute approximate surface area is 253 Å². The highest BCUT2D eigenvalue weighted by molar-refractivity contribution is 6.24. The van der Waals surface area contributed by atoms with Crippen molar-refractivity contribution in [1.29, 1.82) is 0 Å². The number of nitrogens with zero attached hydrogens (tertiary/aromatic N) is 5. The smallest absolute Gasteiger partial charge is 0.147 e. The lowest BCUT2D eigenvalue weighted by molar-refractivity contribution is 1.08. The molecule has 9 rings (SSSR count). The molecule has 5 aromatic heterocycles. The largest absolute Gasteiger partial charge is 0.294 e. The molecule has 0 bridgehead atoms. The molecule has 0 unspecified atom stereocenters. The van der Waals surface area contributed by atoms with Crippen LogP contribution >= 0.6 is 0 Å². The maximum atomic E-state index is 5.35. The Hall–Kier alpha value is -6.07. The number of aromatic nitrogens is 5. The van der Waals surface area contributed by atoms with Crippen molar-refractivity contribution in [2.45, 2.75) is 0 Å². The van der Waals surface area contributed by atoms with Gasteiger partial charge in [0.15, 0.2) is 0 Å². The second-order valence-corrected chi connectivity index (χ2v) is 11.0. The van der Waals surface area contributed by atoms with Crippen LogP contribution < -0.4 is 0 Å². The number of fused-ring (bicyclic) bond motifs is 7. The van der Waals surface area contributed by atoms with Crippen LogP contribution in [0.5, 0.6) is 0 Å². The van der Waals surface area contributed by atoms with Crippen LogP contribution in [0.1, 0.15) is 0 Å². The van der Waals surface area contributed by atoms with E-state index in [1.165, 1.54) is 0 Å². The average Bonchev–Trinajstić information content (AvgIpc) is 3.62. The van der Waals surface area contributed by atoms with Gasteiger partial charge in [-0.05, 0) is 47.5 Å². The molecule has 0 aliphatic heterocycles. The maximum Gasteiger partial charge on any atom is 0.147 e. The van der Waals surface area contributed by atoms with Gasteiger partial charge in [0.1, 0.15) is 11.5 Å². The maximum absolute atomic E-state index is 5.35. The first-order valence-corrected chi connectivity index (χ1v) is 14.7. The Morgan fingerprint density at radius 1 is 0.500 bits per heavy atom. The molecule has 0 saturated carbocycles. The third-order valence-corrected chi connectivity index (χ3v) is 8.45. The molecule has 0 aliphatic rings. The third kappa shape index (κ3) is 3.69. The van der Waals surface area contributed by atoms with E-state index >= 15 is 0 Å². The zero-order chi connectivity index (χ0) is 29.0. The standard InChI is InChI=1S/C39H25N5/c1-3-11-26(12-4-1)28-23-33(27-13-5-2-6-14-27)42-36(24-28)44-34-17-9-7-15-30(34)32-25-41-39-37(38(32)44)31-16-8-10-18-35(31)43(39)29-19-21-40-22-20-29/h1-25H. The fourth-order valence-electron chi connectivity index (χ4n) is 6.53. The number of pyridine rings is 3. The summed E-state index contributed by atoms with van der Waals surface area (Å²) < 4.78 is 4.56. The summed E-state index contributed by atoms with van der Waals surface area (Å²) in [6.07, 6.45) is 5.68. The minimum atomic E-state index is 0.865. The van der Waals surface area contributed by atoms with Gasteiger partial charge in [0.25, 0.3) is 0 Å². The van der Waals surface area contributed by atoms with Crippen LogP contribution in [0.3, 0.4) is 0 Å². The van der Waals surface area contributed by atoms with Crippen molar-refractivity contribution in [3.63, 3.8) is 0 Å². The number of benzene rings is 4. The molecular weight excluding hydrogens is 538 g/mol. The van der Waals surface area contributed by atoms with E-state index in [9.17, 15) is 0 Å². The monoisotopic (exact) mass is 563 g/mol. The van der Waals surface area contributed by atoms with Gasteiger partial charge in [-0.1, -0.05) is 97.1 Å². The van der Waals surface area contributed by atoms with Crippen molar-refractivity contribution in [1.82, 2.24) is 24.1 Å². The van der Waals surface area contributed by atoms with Crippen LogP contribution in [0, 0.1) is 0 Å². The van der Waals surface area contributed by atoms with E-state index in [1.54, 1.807) is 0 Å². The molecule has 0 N–H and O–H groups in total. The Morgan fingerprint density at radius 3 is 1.89 bits per heavy atom. The lowest BCUT2D eigenvalue weighted by Gasteiger charge is -2.13. The minimum Gasteiger partial charge on any atom is -0.294 e. The van der Waals surface area contributed by atoms with Gasteiger partial charge in [-0.15, -0.1) is 0 Å². The Balaban J connectivity index is 1.46. The van der Waals surface area contributed by atoms with Crippen molar-refractivity contribution < 1.29 is 0 Å². The van der Waals surface area contributed by atoms with Crippen LogP contribution in [-0.2, 0) is 0 Å². The highest BCUT2D eigenvalue weighted by Gasteiger charge is 2.22. The summed E-state index contributed by atoms with van der Waals surface area (Å²) in [5.74, 6) is 0.865. The molecule has 9 aromatic rings. The van der Waals surface area contributed by atoms with Gasteiger partial charge in [-0.2, -0.15) is 0 Å². The zero-order valence-corrected chi connectivity index (χ0v) is 23.7. The number of hydrogen-bond donors (Lipinski definition) is 0. The van der Waals surface area contributed by atoms with Crippen molar-refractivity contribution in [3.8, 4) is 33.9 Å². The predicted octanol–water partition coefficient (Wildman–Crippen LogP) is 9.40. The summed E-state index contributed by atoms with van der Waals surface area (Å²) in [7, 11) is 0. The average molecular weight is 564 g/mol. The van der Waals surface area contributed by atoms with E-state index in [-0.39, 0.29) is 0 Å². The molecule has 0 aliphatic carbocycles. The summed E-state index contributed by atoms with van der Waals surface area (Å²) >= 11 is 0. The van der Waals surface area contributed by atoms with E-state index in [2.05, 4.69) is 129 Å². The first-order valence-electron chi connectivity index (χ1n) is 14.7. The lowest BCUT2D eigenvalue weighted by Crippen LogP contribution is -2.01. The van der Waals surface area contributed by atoms with Crippen LogP contribution in [0.15, 0.2) is 152 Å². The molecule has 5 heteroatoms. The van der Waals surface area contributed by atoms with Crippen molar-refractivity contribution in [2.75, 3.05) is 0 Å². The molecule has 0 spiro atoms. The van der Waals surface area contributed by atoms with Crippen LogP contribution in [0.2, 0.25) is 0 Å². The van der Waals surface area contributed by atoms with Crippen LogP contribution in [0.25, 0.3) is 77.6 Å². The molecule has 44 heavy (non-hydrogen) atoms. The fourth-order valence-corrected chi connectivity index (χ4v) is 6.53. The second kappa shape index (κ2) is 9.75. The molecule has 4 aromatic carbocycles. The van der Waals surface area contributed by atoms with Gasteiger partial charge >= 0.3 is 0 Å². The van der Waals surface area contributed by atoms with E-state index in [1.807, 2.05) is 36.8 Å². The molecular formula is C39H25N5. The highest BCUT2D eigenvalue weighted by atomic mass is 15.1. The number of rotatable bonds is 4. The SMILES string of the molecule is c1ccc(-c2cc(-c3ccccc3)nc(-n3c4ccccc4c4cnc5c(c6ccccc6n5-c5ccncc5)c43)c2)cc1. The van der Waals surface area contributed by atoms with E-state index < -0.39 is 0 Å². The Kier molecular flexibility index (Phi) is 5.43. The quantitative estimate of drug-likeness (QED) is 0.214. The molecule has 0 atom stereocenters. The predicted molar refractivity (Wildman–Crippen MR) is 179 cm³/mol. The van der Waals surface area contributed by atoms with Gasteiger partial charge in [-0.3, -0.25) is 14.1 Å². The summed E-state index contributed by atoms with van der Waals surface area (Å²) in [5, 5.41) is 4.48. The van der Waals surface area contributed by atoms with Gasteiger partial charge in [-0.25, -0.2) is 9.97 Å². The number of para-hydroxylation sites is 2. The zero-order valence-electron chi connectivity index (χ0n) is 23.7. The minimum absolute atomic E-state index is 0.865. The van der Waals surface area contributed by atoms with Gasteiger partial charge < -0.3 is 0 Å². The second-order valence-electron chi connectivity index (χ2n) is 11.0. The normalized spacial score (nSPS) is 11.6. The fraction of sp³-hybridized carbons (Fsp3) is 0.